The van der Waals surface area contributed by atoms with Crippen molar-refractivity contribution in [2.24, 2.45) is 10.4 Å². The zero-order valence-corrected chi connectivity index (χ0v) is 24.6. The number of nitrogens with one attached hydrogen (secondary N) is 2. The number of Topliss-reactive ketones (excluding diaryl/α,β-unsaturated/α-hetero) is 1. The Morgan fingerprint density at radius 3 is 2.74 bits per heavy atom. The number of thiazole rings is 1. The standard InChI is InChI=1S/C22H26N6O7S4/c1-5-21(3,4)35-19(34)25-18-23-11(6-36-18)13(29)14(30)24-12-15(31)28-7-22(17(32)33,8-37-16(12)28)9-38-20-27-26-10(2)39-20/h6,12,16H,5,7-9H2,1-4H3,(H,24,30)(H,32,33)(H,23,25,34)/t12?,16-,22?/m1/s1. The molecule has 3 atom stereocenters. The fourth-order valence-electron chi connectivity index (χ4n) is 3.64. The van der Waals surface area contributed by atoms with Gasteiger partial charge in [-0.2, -0.15) is 0 Å². The largest absolute Gasteiger partial charge is 0.481 e. The first-order chi connectivity index (χ1) is 18.3. The molecule has 0 radical (unpaired) electrons. The van der Waals surface area contributed by atoms with Gasteiger partial charge in [0.15, 0.2) is 9.14 Å². The first-order valence-electron chi connectivity index (χ1n) is 11.7. The zero-order chi connectivity index (χ0) is 28.5. The van der Waals surface area contributed by atoms with Gasteiger partial charge in [0.1, 0.15) is 33.1 Å². The molecule has 3 amide bonds. The molecule has 39 heavy (non-hydrogen) atoms. The van der Waals surface area contributed by atoms with Crippen molar-refractivity contribution in [2.45, 2.75) is 55.5 Å². The molecule has 13 nitrogen and oxygen atoms in total. The Labute approximate surface area is 239 Å². The number of amides is 3. The second-order valence-electron chi connectivity index (χ2n) is 9.58. The predicted molar refractivity (Wildman–Crippen MR) is 145 cm³/mol. The third kappa shape index (κ3) is 6.36. The number of carbonyl (C=O) groups is 5. The van der Waals surface area contributed by atoms with E-state index in [1.807, 2.05) is 13.8 Å². The second kappa shape index (κ2) is 11.4. The number of carbonyl (C=O) groups excluding carboxylic acids is 4. The molecule has 2 aromatic rings. The van der Waals surface area contributed by atoms with E-state index in [0.717, 1.165) is 16.3 Å². The number of rotatable bonds is 9. The van der Waals surface area contributed by atoms with Gasteiger partial charge in [-0.25, -0.2) is 4.79 Å². The van der Waals surface area contributed by atoms with Crippen LogP contribution >= 0.6 is 46.2 Å². The maximum Gasteiger partial charge on any atom is 0.436 e. The van der Waals surface area contributed by atoms with Crippen molar-refractivity contribution < 1.29 is 33.8 Å². The van der Waals surface area contributed by atoms with E-state index >= 15 is 0 Å². The van der Waals surface area contributed by atoms with E-state index in [4.69, 9.17) is 4.74 Å². The number of aromatic nitrogens is 3. The van der Waals surface area contributed by atoms with E-state index in [1.54, 1.807) is 13.8 Å². The summed E-state index contributed by atoms with van der Waals surface area (Å²) in [5, 5.41) is 22.0. The third-order valence-corrected chi connectivity index (χ3v) is 10.9. The number of aliphatic carboxylic acids is 1. The van der Waals surface area contributed by atoms with Crippen molar-refractivity contribution in [3.05, 3.63) is 20.9 Å². The van der Waals surface area contributed by atoms with Crippen molar-refractivity contribution >= 4 is 75.9 Å². The highest BCUT2D eigenvalue weighted by Crippen LogP contribution is 2.44. The number of ketones is 1. The molecule has 0 bridgehead atoms. The molecule has 2 aliphatic rings. The highest BCUT2D eigenvalue weighted by atomic mass is 32.2. The van der Waals surface area contributed by atoms with Gasteiger partial charge in [-0.3, -0.25) is 19.2 Å². The molecule has 2 saturated heterocycles. The van der Waals surface area contributed by atoms with Crippen LogP contribution in [0.2, 0.25) is 0 Å². The van der Waals surface area contributed by atoms with Gasteiger partial charge >= 0.3 is 12.1 Å². The summed E-state index contributed by atoms with van der Waals surface area (Å²) in [4.78, 5) is 70.2. The molecule has 2 aromatic heterocycles. The average Bonchev–Trinajstić information content (AvgIpc) is 3.53. The number of fused-ring (bicyclic) bond motifs is 1. The van der Waals surface area contributed by atoms with Crippen LogP contribution in [-0.2, 0) is 19.1 Å². The number of aryl methyl sites for hydroxylation is 1. The molecule has 4 heterocycles. The lowest BCUT2D eigenvalue weighted by atomic mass is 9.89. The van der Waals surface area contributed by atoms with E-state index in [-0.39, 0.29) is 28.5 Å². The van der Waals surface area contributed by atoms with Crippen LogP contribution in [0, 0.1) is 12.3 Å². The lowest BCUT2D eigenvalue weighted by Crippen LogP contribution is -2.74. The molecule has 2 fully saturated rings. The number of hydrogen-bond acceptors (Lipinski definition) is 12. The number of ether oxygens (including phenoxy) is 1. The Hall–Kier alpha value is -2.76. The van der Waals surface area contributed by atoms with E-state index in [0.29, 0.717) is 10.8 Å². The molecule has 3 N–H and O–H groups in total. The number of H-pyrrole nitrogens is 1. The minimum Gasteiger partial charge on any atom is -0.481 e. The van der Waals surface area contributed by atoms with E-state index in [1.165, 1.54) is 45.1 Å². The van der Waals surface area contributed by atoms with Crippen LogP contribution in [0.4, 0.5) is 4.79 Å². The van der Waals surface area contributed by atoms with Gasteiger partial charge in [0, 0.05) is 23.4 Å². The summed E-state index contributed by atoms with van der Waals surface area (Å²) in [5.74, 6) is -2.97. The van der Waals surface area contributed by atoms with Gasteiger partial charge in [-0.1, -0.05) is 30.0 Å². The Morgan fingerprint density at radius 2 is 2.10 bits per heavy atom. The highest BCUT2D eigenvalue weighted by Gasteiger charge is 2.57. The first-order valence-corrected chi connectivity index (χ1v) is 15.5. The summed E-state index contributed by atoms with van der Waals surface area (Å²) in [6.45, 7) is 7.14. The van der Waals surface area contributed by atoms with Crippen molar-refractivity contribution in [2.75, 3.05) is 18.1 Å². The van der Waals surface area contributed by atoms with E-state index in [9.17, 15) is 29.1 Å². The topological polar surface area (TPSA) is 184 Å². The molecular formula is C22H26N6O7S4. The fourth-order valence-corrected chi connectivity index (χ4v) is 8.01. The lowest BCUT2D eigenvalue weighted by Gasteiger charge is -2.53. The molecule has 2 unspecified atom stereocenters. The normalized spacial score (nSPS) is 23.1. The first kappa shape index (κ1) is 29.2. The lowest BCUT2D eigenvalue weighted by molar-refractivity contribution is -0.157. The van der Waals surface area contributed by atoms with Crippen LogP contribution in [-0.4, -0.2) is 89.9 Å². The van der Waals surface area contributed by atoms with Gasteiger partial charge in [-0.05, 0) is 27.2 Å². The number of aromatic amines is 1. The van der Waals surface area contributed by atoms with Crippen molar-refractivity contribution in [3.8, 4) is 0 Å². The molecule has 0 aromatic carbocycles. The number of carboxylic acid groups (broad SMARTS) is 1. The van der Waals surface area contributed by atoms with Crippen LogP contribution < -0.4 is 10.1 Å². The molecule has 4 rings (SSSR count). The van der Waals surface area contributed by atoms with E-state index < -0.39 is 52.1 Å². The van der Waals surface area contributed by atoms with Gasteiger partial charge in [0.05, 0.1) is 0 Å². The Morgan fingerprint density at radius 1 is 1.36 bits per heavy atom. The Kier molecular flexibility index (Phi) is 8.53. The van der Waals surface area contributed by atoms with Gasteiger partial charge in [0.2, 0.25) is 5.91 Å². The maximum atomic E-state index is 12.8. The predicted octanol–water partition coefficient (Wildman–Crippen LogP) is 1.91. The van der Waals surface area contributed by atoms with Gasteiger partial charge in [-0.15, -0.1) is 38.3 Å². The molecular weight excluding hydrogens is 589 g/mol. The summed E-state index contributed by atoms with van der Waals surface area (Å²) in [5.41, 5.74) is -1.98. The van der Waals surface area contributed by atoms with Crippen LogP contribution in [0.1, 0.15) is 42.7 Å². The Bertz CT molecular complexity index is 1380. The zero-order valence-electron chi connectivity index (χ0n) is 21.4. The van der Waals surface area contributed by atoms with Crippen molar-refractivity contribution in [3.63, 3.8) is 0 Å². The summed E-state index contributed by atoms with van der Waals surface area (Å²) in [6.07, 6.45) is -0.240. The summed E-state index contributed by atoms with van der Waals surface area (Å²) in [7, 11) is 0. The number of β-lactam (4-membered cyclic amide) rings is 1. The maximum absolute atomic E-state index is 12.8. The van der Waals surface area contributed by atoms with Gasteiger partial charge < -0.3 is 25.0 Å². The summed E-state index contributed by atoms with van der Waals surface area (Å²) < 4.78 is 5.90. The van der Waals surface area contributed by atoms with Crippen LogP contribution in [0.5, 0.6) is 0 Å². The molecule has 17 heteroatoms. The number of thioether (sulfide) groups is 2. The Balaban J connectivity index is 1.35. The van der Waals surface area contributed by atoms with Crippen LogP contribution in [0.15, 0.2) is 14.7 Å². The molecule has 0 aliphatic carbocycles. The summed E-state index contributed by atoms with van der Waals surface area (Å²) in [6, 6.07) is -0.953. The smallest absolute Gasteiger partial charge is 0.436 e. The third-order valence-electron chi connectivity index (χ3n) is 6.25. The second-order valence-corrected chi connectivity index (χ2v) is 13.9. The number of hydrogen-bond donors (Lipinski definition) is 3. The minimum atomic E-state index is -1.19. The van der Waals surface area contributed by atoms with Gasteiger partial charge in [0.25, 0.3) is 11.7 Å². The monoisotopic (exact) mass is 614 g/mol. The van der Waals surface area contributed by atoms with Crippen molar-refractivity contribution in [1.82, 2.24) is 25.4 Å². The quantitative estimate of drug-likeness (QED) is 0.162. The van der Waals surface area contributed by atoms with Crippen molar-refractivity contribution in [1.29, 1.82) is 0 Å². The SMILES string of the molecule is CCC(C)(C)OC(=O)N=c1[nH]c(C(=O)C(=O)NC2C(=O)N3CC(CSc4nnc(C)s4)(C(=O)O)CS[C@H]23)cs1. The fraction of sp³-hybridized carbons (Fsp3) is 0.545. The minimum absolute atomic E-state index is 0.0158. The van der Waals surface area contributed by atoms with Crippen LogP contribution in [0.25, 0.3) is 0 Å². The van der Waals surface area contributed by atoms with E-state index in [2.05, 4.69) is 25.5 Å². The highest BCUT2D eigenvalue weighted by molar-refractivity contribution is 8.01. The number of nitrogens with zero attached hydrogens (tertiary/aromatic N) is 4. The molecule has 0 saturated carbocycles. The average molecular weight is 615 g/mol. The molecule has 210 valence electrons. The summed E-state index contributed by atoms with van der Waals surface area (Å²) >= 11 is 4.85. The molecule has 0 spiro atoms. The molecule has 2 aliphatic heterocycles. The van der Waals surface area contributed by atoms with Crippen LogP contribution in [0.3, 0.4) is 0 Å². The number of carboxylic acids is 1.